The number of rotatable bonds is 8. The van der Waals surface area contributed by atoms with Crippen LogP contribution in [0.25, 0.3) is 0 Å². The second-order valence-electron chi connectivity index (χ2n) is 11.6. The number of carboxylic acid groups (broad SMARTS) is 2. The van der Waals surface area contributed by atoms with Crippen molar-refractivity contribution in [3.8, 4) is 0 Å². The summed E-state index contributed by atoms with van der Waals surface area (Å²) < 4.78 is 0. The van der Waals surface area contributed by atoms with E-state index < -0.39 is 11.9 Å². The summed E-state index contributed by atoms with van der Waals surface area (Å²) in [6, 6.07) is 0. The van der Waals surface area contributed by atoms with Gasteiger partial charge in [-0.3, -0.25) is 9.59 Å². The molecule has 0 unspecified atom stereocenters. The molecule has 0 radical (unpaired) electrons. The van der Waals surface area contributed by atoms with Gasteiger partial charge >= 0.3 is 29.0 Å². The summed E-state index contributed by atoms with van der Waals surface area (Å²) in [6.07, 6.45) is 4.85. The molecule has 0 aliphatic carbocycles. The van der Waals surface area contributed by atoms with Gasteiger partial charge in [-0.15, -0.1) is 0 Å². The summed E-state index contributed by atoms with van der Waals surface area (Å²) in [7, 11) is 0. The van der Waals surface area contributed by atoms with E-state index in [9.17, 15) is 19.8 Å². The fourth-order valence-corrected chi connectivity index (χ4v) is 6.79. The van der Waals surface area contributed by atoms with Gasteiger partial charge in [0.25, 0.3) is 0 Å². The minimum Gasteiger partial charge on any atom is -0.664 e. The Labute approximate surface area is 264 Å². The molecular weight excluding hydrogens is 584 g/mol. The first-order valence-corrected chi connectivity index (χ1v) is 15.0. The zero-order valence-corrected chi connectivity index (χ0v) is 27.0. The van der Waals surface area contributed by atoms with Gasteiger partial charge in [0.1, 0.15) is 0 Å². The molecule has 0 atom stereocenters. The number of hydrogen-bond donors (Lipinski definition) is 2. The Hall–Kier alpha value is -3.42. The normalized spacial score (nSPS) is 12.8. The first kappa shape index (κ1) is 32.5. The Morgan fingerprint density at radius 1 is 0.512 bits per heavy atom. The molecule has 4 aromatic heterocycles. The van der Waals surface area contributed by atoms with Crippen LogP contribution in [-0.2, 0) is 78.0 Å². The molecule has 43 heavy (non-hydrogen) atoms. The van der Waals surface area contributed by atoms with Crippen LogP contribution in [0.2, 0.25) is 0 Å². The van der Waals surface area contributed by atoms with E-state index in [4.69, 9.17) is 19.9 Å². The van der Waals surface area contributed by atoms with Crippen molar-refractivity contribution in [3.63, 3.8) is 0 Å². The quantitative estimate of drug-likeness (QED) is 0.240. The van der Waals surface area contributed by atoms with E-state index in [2.05, 4.69) is 27.7 Å². The number of aromatic nitrogens is 4. The minimum absolute atomic E-state index is 0. The van der Waals surface area contributed by atoms with E-state index in [1.807, 2.05) is 13.8 Å². The van der Waals surface area contributed by atoms with Gasteiger partial charge in [-0.1, -0.05) is 58.4 Å². The van der Waals surface area contributed by atoms with Gasteiger partial charge in [0.05, 0.1) is 0 Å². The van der Waals surface area contributed by atoms with Gasteiger partial charge < -0.3 is 30.1 Å². The third-order valence-corrected chi connectivity index (χ3v) is 9.24. The first-order valence-electron chi connectivity index (χ1n) is 15.0. The average Bonchev–Trinajstić information content (AvgIpc) is 3.59. The summed E-state index contributed by atoms with van der Waals surface area (Å²) in [5.74, 6) is -1.69. The van der Waals surface area contributed by atoms with Crippen LogP contribution in [0.3, 0.4) is 0 Å². The van der Waals surface area contributed by atoms with Crippen LogP contribution in [0.1, 0.15) is 117 Å². The molecule has 0 spiro atoms. The SMILES string of the molecule is CCc1c2[n-]c(c1C)Cc1[n-]c(c(CCC(=O)O)c1C)Cc1[n-]c(c(C)c1CCC(=O)O)Cc1[n-]c(c(C)c1CC)C2.[Fe+4]. The fourth-order valence-electron chi connectivity index (χ4n) is 6.79. The molecule has 4 aromatic rings. The number of carbonyl (C=O) groups is 2. The van der Waals surface area contributed by atoms with Gasteiger partial charge in [-0.05, 0) is 79.1 Å². The van der Waals surface area contributed by atoms with Crippen molar-refractivity contribution in [2.24, 2.45) is 0 Å². The minimum atomic E-state index is -0.845. The van der Waals surface area contributed by atoms with Crippen molar-refractivity contribution < 1.29 is 36.9 Å². The zero-order chi connectivity index (χ0) is 30.3. The van der Waals surface area contributed by atoms with Crippen LogP contribution >= 0.6 is 0 Å². The molecule has 1 aliphatic heterocycles. The van der Waals surface area contributed by atoms with E-state index in [1.54, 1.807) is 0 Å². The van der Waals surface area contributed by atoms with Gasteiger partial charge in [0.15, 0.2) is 0 Å². The third-order valence-electron chi connectivity index (χ3n) is 9.24. The predicted octanol–water partition coefficient (Wildman–Crippen LogP) is 4.58. The number of hydrogen-bond acceptors (Lipinski definition) is 2. The molecule has 0 saturated carbocycles. The zero-order valence-electron chi connectivity index (χ0n) is 25.9. The number of fused-ring (bicyclic) bond motifs is 8. The van der Waals surface area contributed by atoms with Crippen molar-refractivity contribution in [1.82, 2.24) is 19.9 Å². The summed E-state index contributed by atoms with van der Waals surface area (Å²) in [6.45, 7) is 12.7. The summed E-state index contributed by atoms with van der Waals surface area (Å²) in [5, 5.41) is 19.0. The summed E-state index contributed by atoms with van der Waals surface area (Å²) in [4.78, 5) is 43.6. The van der Waals surface area contributed by atoms with Gasteiger partial charge in [-0.2, -0.15) is 45.6 Å². The summed E-state index contributed by atoms with van der Waals surface area (Å²) in [5.41, 5.74) is 16.5. The molecule has 5 rings (SSSR count). The Balaban J connectivity index is 0.00000423. The Kier molecular flexibility index (Phi) is 9.87. The number of aliphatic carboxylic acids is 2. The van der Waals surface area contributed by atoms with Crippen LogP contribution in [0.5, 0.6) is 0 Å². The average molecular weight is 625 g/mol. The van der Waals surface area contributed by atoms with Gasteiger partial charge in [0.2, 0.25) is 0 Å². The van der Waals surface area contributed by atoms with Crippen molar-refractivity contribution in [2.45, 2.75) is 106 Å². The maximum atomic E-state index is 11.6. The third kappa shape index (κ3) is 6.29. The molecule has 0 saturated heterocycles. The van der Waals surface area contributed by atoms with Crippen LogP contribution < -0.4 is 19.9 Å². The Bertz CT molecular complexity index is 1670. The van der Waals surface area contributed by atoms with Crippen LogP contribution in [-0.4, -0.2) is 22.2 Å². The predicted molar refractivity (Wildman–Crippen MR) is 160 cm³/mol. The fraction of sp³-hybridized carbons (Fsp3) is 0.471. The Morgan fingerprint density at radius 3 is 1.07 bits per heavy atom. The van der Waals surface area contributed by atoms with E-state index in [0.717, 1.165) is 80.6 Å². The molecule has 228 valence electrons. The van der Waals surface area contributed by atoms with Crippen molar-refractivity contribution in [1.29, 1.82) is 0 Å². The smallest absolute Gasteiger partial charge is 0.664 e. The molecule has 8 nitrogen and oxygen atoms in total. The van der Waals surface area contributed by atoms with Gasteiger partial charge in [-0.25, -0.2) is 0 Å². The van der Waals surface area contributed by atoms with E-state index in [-0.39, 0.29) is 29.9 Å². The maximum Gasteiger partial charge on any atom is 4.00 e. The largest absolute Gasteiger partial charge is 4.00 e. The van der Waals surface area contributed by atoms with E-state index in [0.29, 0.717) is 38.5 Å². The molecule has 0 aromatic carbocycles. The van der Waals surface area contributed by atoms with Crippen molar-refractivity contribution in [3.05, 3.63) is 90.1 Å². The molecule has 0 amide bonds. The van der Waals surface area contributed by atoms with Crippen LogP contribution in [0.4, 0.5) is 0 Å². The maximum absolute atomic E-state index is 11.6. The number of nitrogens with zero attached hydrogens (tertiary/aromatic N) is 4. The van der Waals surface area contributed by atoms with Crippen LogP contribution in [0.15, 0.2) is 0 Å². The summed E-state index contributed by atoms with van der Waals surface area (Å²) >= 11 is 0. The monoisotopic (exact) mass is 624 g/mol. The molecule has 1 aliphatic rings. The molecule has 0 fully saturated rings. The molecule has 5 heterocycles. The van der Waals surface area contributed by atoms with Crippen molar-refractivity contribution >= 4 is 11.9 Å². The van der Waals surface area contributed by atoms with Crippen LogP contribution in [0, 0.1) is 27.7 Å². The van der Waals surface area contributed by atoms with E-state index in [1.165, 1.54) is 22.3 Å². The standard InChI is InChI=1S/C34H40N4O4.Fe/c1-7-21-17(3)25-13-26-19(5)23(9-11-33(39)40)31(37-26)16-32-24(10-12-34(41)42)20(6)28(38-32)15-30-22(8-2)18(4)27(36-30)14-29(21)35-25;/h7-16H2,1-6H3,(H,39,40)(H,41,42);/q-4;+4. The van der Waals surface area contributed by atoms with Gasteiger partial charge in [0, 0.05) is 12.8 Å². The topological polar surface area (TPSA) is 131 Å². The first-order chi connectivity index (χ1) is 20.0. The number of carboxylic acids is 2. The molecule has 9 heteroatoms. The molecule has 2 N–H and O–H groups in total. The van der Waals surface area contributed by atoms with E-state index >= 15 is 0 Å². The second-order valence-corrected chi connectivity index (χ2v) is 11.6. The van der Waals surface area contributed by atoms with Crippen molar-refractivity contribution in [2.75, 3.05) is 0 Å². The molecule has 8 bridgehead atoms. The molecular formula is C34H40FeN4O4. The second kappa shape index (κ2) is 13.1. The Morgan fingerprint density at radius 2 is 0.767 bits per heavy atom.